The summed E-state index contributed by atoms with van der Waals surface area (Å²) in [4.78, 5) is 31.1. The number of hydrogen-bond donors (Lipinski definition) is 6. The lowest BCUT2D eigenvalue weighted by Gasteiger charge is -2.64. The van der Waals surface area contributed by atoms with E-state index in [4.69, 9.17) is 24.4 Å². The molecule has 0 amide bonds. The van der Waals surface area contributed by atoms with Crippen molar-refractivity contribution in [2.24, 2.45) is 105 Å². The number of carboxylic acid groups (broad SMARTS) is 1. The number of rotatable bonds is 14. The summed E-state index contributed by atoms with van der Waals surface area (Å²) in [6, 6.07) is 6.59. The molecule has 13 nitrogen and oxygen atoms in total. The van der Waals surface area contributed by atoms with Gasteiger partial charge in [0.15, 0.2) is 0 Å². The largest absolute Gasteiger partial charge is 0.478 e. The van der Waals surface area contributed by atoms with Crippen LogP contribution >= 0.6 is 0 Å². The lowest BCUT2D eigenvalue weighted by molar-refractivity contribution is -0.203. The lowest BCUT2D eigenvalue weighted by Crippen LogP contribution is -2.62. The van der Waals surface area contributed by atoms with Crippen molar-refractivity contribution in [3.05, 3.63) is 47.8 Å². The quantitative estimate of drug-likeness (QED) is 0.0975. The molecule has 8 fully saturated rings. The van der Waals surface area contributed by atoms with Crippen LogP contribution in [-0.2, 0) is 4.74 Å². The number of aromatic carboxylic acids is 1. The number of aromatic nitrogens is 2. The van der Waals surface area contributed by atoms with Gasteiger partial charge >= 0.3 is 11.9 Å². The average molecular weight is 1070 g/mol. The summed E-state index contributed by atoms with van der Waals surface area (Å²) >= 11 is 0. The van der Waals surface area contributed by atoms with Crippen molar-refractivity contribution < 1.29 is 54.4 Å². The minimum atomic E-state index is -0.981. The van der Waals surface area contributed by atoms with Crippen LogP contribution in [-0.4, -0.2) is 104 Å². The van der Waals surface area contributed by atoms with Crippen molar-refractivity contribution in [3.8, 4) is 11.8 Å². The number of pyridine rings is 2. The number of methoxy groups -OCH3 is 1. The van der Waals surface area contributed by atoms with E-state index in [0.29, 0.717) is 113 Å². The van der Waals surface area contributed by atoms with Crippen molar-refractivity contribution in [1.29, 1.82) is 0 Å². The molecule has 2 heterocycles. The molecule has 77 heavy (non-hydrogen) atoms. The molecule has 0 radical (unpaired) electrons. The molecule has 0 unspecified atom stereocenters. The van der Waals surface area contributed by atoms with Gasteiger partial charge in [0, 0.05) is 31.6 Å². The van der Waals surface area contributed by atoms with Crippen LogP contribution in [0.25, 0.3) is 0 Å². The summed E-state index contributed by atoms with van der Waals surface area (Å²) in [6.07, 6.45) is 21.5. The Hall–Kier alpha value is -3.36. The Morgan fingerprint density at radius 3 is 1.32 bits per heavy atom. The van der Waals surface area contributed by atoms with Gasteiger partial charge in [0.05, 0.1) is 55.9 Å². The van der Waals surface area contributed by atoms with Crippen LogP contribution in [0, 0.1) is 105 Å². The fourth-order valence-corrected chi connectivity index (χ4v) is 20.3. The van der Waals surface area contributed by atoms with E-state index in [1.807, 2.05) is 0 Å². The lowest BCUT2D eigenvalue weighted by atomic mass is 9.41. The van der Waals surface area contributed by atoms with Crippen LogP contribution in [0.15, 0.2) is 36.7 Å². The highest BCUT2D eigenvalue weighted by Gasteiger charge is 2.67. The van der Waals surface area contributed by atoms with Crippen molar-refractivity contribution in [1.82, 2.24) is 9.97 Å². The van der Waals surface area contributed by atoms with Crippen LogP contribution in [0.1, 0.15) is 192 Å². The zero-order chi connectivity index (χ0) is 55.8. The van der Waals surface area contributed by atoms with Gasteiger partial charge < -0.3 is 44.8 Å². The smallest absolute Gasteiger partial charge is 0.339 e. The molecule has 8 aliphatic rings. The molecule has 2 aromatic rings. The third-order valence-electron chi connectivity index (χ3n) is 24.1. The second kappa shape index (κ2) is 24.4. The van der Waals surface area contributed by atoms with E-state index in [1.54, 1.807) is 18.2 Å². The van der Waals surface area contributed by atoms with Gasteiger partial charge in [-0.2, -0.15) is 0 Å². The fourth-order valence-electron chi connectivity index (χ4n) is 20.3. The first-order valence-corrected chi connectivity index (χ1v) is 30.4. The molecule has 8 aliphatic carbocycles. The molecule has 2 aromatic heterocycles. The Kier molecular flexibility index (Phi) is 18.9. The standard InChI is InChI=1S/C32H49NO5.C31H47NO5.CH4O/c1-6-22-26-17-21(34)11-14-32(26,4)25-12-15-31(3)23(8-9-24(31)28(25)29(22)35)19(2)13-16-38-27-10-7-20(18-33-27)30(36)37-5;1-5-21-25-16-20(33)10-13-31(25,4)24-11-14-30(3)22(7-8-23(30)27(24)28(21)34)18(2)12-15-37-26-9-6-19(17-32-26)29(35)36;1-2/h7,10,18-19,21-26,28-29,34-35H,6,8-9,11-17H2,1-5H3;6,9,17-18,20-25,27-28,33-34H,5,7-8,10-16H2,1-4H3,(H,35,36);2H,1H3/t19-,21-,22-,23-,24+,25+,26+,28+,29-,31-,32-;18-,20-,21-,22-,23+,24+,25+,27+,28-,30-,31-;/m11./s1. The van der Waals surface area contributed by atoms with E-state index in [1.165, 1.54) is 76.9 Å². The number of fused-ring (bicyclic) bond motifs is 10. The molecular formula is C64H100N2O11. The van der Waals surface area contributed by atoms with Crippen LogP contribution in [0.5, 0.6) is 11.8 Å². The van der Waals surface area contributed by atoms with Crippen molar-refractivity contribution >= 4 is 11.9 Å². The number of esters is 1. The summed E-state index contributed by atoms with van der Waals surface area (Å²) in [5, 5.41) is 60.8. The van der Waals surface area contributed by atoms with Crippen LogP contribution < -0.4 is 9.47 Å². The number of aliphatic hydroxyl groups excluding tert-OH is 5. The minimum absolute atomic E-state index is 0.168. The van der Waals surface area contributed by atoms with Gasteiger partial charge in [0.2, 0.25) is 11.8 Å². The number of hydrogen-bond acceptors (Lipinski definition) is 12. The van der Waals surface area contributed by atoms with E-state index in [-0.39, 0.29) is 51.6 Å². The highest BCUT2D eigenvalue weighted by Crippen LogP contribution is 2.71. The highest BCUT2D eigenvalue weighted by molar-refractivity contribution is 5.89. The minimum Gasteiger partial charge on any atom is -0.478 e. The molecule has 6 N–H and O–H groups in total. The van der Waals surface area contributed by atoms with Gasteiger partial charge in [0.1, 0.15) is 0 Å². The van der Waals surface area contributed by atoms with Gasteiger partial charge in [-0.25, -0.2) is 19.6 Å². The Bertz CT molecular complexity index is 2270. The molecule has 0 spiro atoms. The van der Waals surface area contributed by atoms with Gasteiger partial charge in [0.25, 0.3) is 0 Å². The molecule has 13 heteroatoms. The Morgan fingerprint density at radius 2 is 0.961 bits per heavy atom. The summed E-state index contributed by atoms with van der Waals surface area (Å²) in [5.74, 6) is 6.50. The van der Waals surface area contributed by atoms with Gasteiger partial charge in [-0.3, -0.25) is 0 Å². The van der Waals surface area contributed by atoms with Gasteiger partial charge in [-0.15, -0.1) is 0 Å². The fraction of sp³-hybridized carbons (Fsp3) is 0.812. The van der Waals surface area contributed by atoms with Crippen LogP contribution in [0.4, 0.5) is 0 Å². The molecule has 8 saturated carbocycles. The van der Waals surface area contributed by atoms with E-state index in [9.17, 15) is 30.0 Å². The molecule has 10 rings (SSSR count). The summed E-state index contributed by atoms with van der Waals surface area (Å²) in [6.45, 7) is 20.5. The second-order valence-electron chi connectivity index (χ2n) is 27.0. The Morgan fingerprint density at radius 1 is 0.571 bits per heavy atom. The molecule has 22 atom stereocenters. The van der Waals surface area contributed by atoms with Crippen LogP contribution in [0.3, 0.4) is 0 Å². The Labute approximate surface area is 461 Å². The first-order valence-electron chi connectivity index (χ1n) is 30.4. The number of carbonyl (C=O) groups is 2. The molecular weight excluding hydrogens is 973 g/mol. The molecule has 0 saturated heterocycles. The first-order chi connectivity index (χ1) is 36.7. The van der Waals surface area contributed by atoms with Gasteiger partial charge in [-0.05, 0) is 219 Å². The van der Waals surface area contributed by atoms with Crippen molar-refractivity contribution in [2.45, 2.75) is 195 Å². The molecule has 432 valence electrons. The number of ether oxygens (including phenoxy) is 3. The number of nitrogens with zero attached hydrogens (tertiary/aromatic N) is 2. The van der Waals surface area contributed by atoms with E-state index >= 15 is 0 Å². The maximum absolute atomic E-state index is 11.9. The average Bonchev–Trinajstić information content (AvgIpc) is 4.13. The second-order valence-corrected chi connectivity index (χ2v) is 27.0. The number of aliphatic hydroxyl groups is 5. The summed E-state index contributed by atoms with van der Waals surface area (Å²) < 4.78 is 16.6. The Balaban J connectivity index is 0.000000197. The number of carbonyl (C=O) groups excluding carboxylic acids is 1. The SMILES string of the molecule is CC[C@H]1[C@@H](O)[C@@H]2[C@H](CC[C@]3(C)[C@@H]([C@H](C)CCOc4ccc(C(=O)O)cn4)CC[C@@H]23)[C@@]2(C)CC[C@@H](O)C[C@@H]12.CC[C@H]1[C@@H](O)[C@@H]2[C@H](CC[C@]3(C)[C@@H]([C@H](C)CCOc4ccc(C(=O)OC)cn4)CC[C@@H]23)[C@@]2(C)CC[C@@H](O)C[C@@H]12.CO. The van der Waals surface area contributed by atoms with E-state index in [0.717, 1.165) is 71.3 Å². The van der Waals surface area contributed by atoms with E-state index < -0.39 is 11.9 Å². The molecule has 0 bridgehead atoms. The monoisotopic (exact) mass is 1070 g/mol. The van der Waals surface area contributed by atoms with Crippen molar-refractivity contribution in [3.63, 3.8) is 0 Å². The topological polar surface area (TPSA) is 209 Å². The first kappa shape index (κ1) is 59.8. The maximum atomic E-state index is 11.9. The zero-order valence-electron chi connectivity index (χ0n) is 48.6. The van der Waals surface area contributed by atoms with Crippen molar-refractivity contribution in [2.75, 3.05) is 27.4 Å². The van der Waals surface area contributed by atoms with Gasteiger partial charge in [-0.1, -0.05) is 68.2 Å². The van der Waals surface area contributed by atoms with Crippen LogP contribution in [0.2, 0.25) is 0 Å². The predicted molar refractivity (Wildman–Crippen MR) is 297 cm³/mol. The third-order valence-corrected chi connectivity index (χ3v) is 24.1. The predicted octanol–water partition coefficient (Wildman–Crippen LogP) is 11.3. The normalized spacial score (nSPS) is 42.3. The highest BCUT2D eigenvalue weighted by atomic mass is 16.5. The third kappa shape index (κ3) is 11.1. The van der Waals surface area contributed by atoms with E-state index in [2.05, 4.69) is 65.4 Å². The summed E-state index contributed by atoms with van der Waals surface area (Å²) in [5.41, 5.74) is 1.59. The summed E-state index contributed by atoms with van der Waals surface area (Å²) in [7, 11) is 2.37. The number of carboxylic acids is 1. The molecule has 0 aromatic carbocycles. The molecule has 0 aliphatic heterocycles. The zero-order valence-corrected chi connectivity index (χ0v) is 48.6. The maximum Gasteiger partial charge on any atom is 0.339 e.